The van der Waals surface area contributed by atoms with Gasteiger partial charge >= 0.3 is 12.1 Å². The summed E-state index contributed by atoms with van der Waals surface area (Å²) >= 11 is 0. The van der Waals surface area contributed by atoms with Crippen molar-refractivity contribution >= 4 is 12.1 Å². The molecule has 0 spiro atoms. The van der Waals surface area contributed by atoms with Crippen molar-refractivity contribution in [3.05, 3.63) is 30.3 Å². The van der Waals surface area contributed by atoms with E-state index in [-0.39, 0.29) is 0 Å². The van der Waals surface area contributed by atoms with Crippen molar-refractivity contribution in [3.63, 3.8) is 0 Å². The van der Waals surface area contributed by atoms with Crippen molar-refractivity contribution in [2.45, 2.75) is 20.1 Å². The van der Waals surface area contributed by atoms with Crippen LogP contribution in [0.3, 0.4) is 0 Å². The standard InChI is InChI=1S/C11H12O5/c1-8(12)14-9(2)15-11(13)16-10-6-4-3-5-7-10/h3-7,9H,1-2H3. The number of benzene rings is 1. The molecule has 86 valence electrons. The van der Waals surface area contributed by atoms with Gasteiger partial charge in [0.15, 0.2) is 0 Å². The molecule has 5 nitrogen and oxygen atoms in total. The van der Waals surface area contributed by atoms with Gasteiger partial charge < -0.3 is 14.2 Å². The fourth-order valence-electron chi connectivity index (χ4n) is 1.00. The third-order valence-corrected chi connectivity index (χ3v) is 1.54. The molecule has 5 heteroatoms. The molecule has 1 unspecified atom stereocenters. The molecule has 0 aromatic heterocycles. The number of ether oxygens (including phenoxy) is 3. The van der Waals surface area contributed by atoms with E-state index in [1.165, 1.54) is 13.8 Å². The zero-order valence-electron chi connectivity index (χ0n) is 9.01. The van der Waals surface area contributed by atoms with Crippen LogP contribution in [-0.2, 0) is 14.3 Å². The highest BCUT2D eigenvalue weighted by Crippen LogP contribution is 2.09. The summed E-state index contributed by atoms with van der Waals surface area (Å²) in [6.45, 7) is 2.65. The highest BCUT2D eigenvalue weighted by atomic mass is 16.8. The summed E-state index contributed by atoms with van der Waals surface area (Å²) in [6.07, 6.45) is -1.88. The van der Waals surface area contributed by atoms with Gasteiger partial charge in [-0.15, -0.1) is 0 Å². The molecule has 0 saturated carbocycles. The normalized spacial score (nSPS) is 11.4. The van der Waals surface area contributed by atoms with E-state index >= 15 is 0 Å². The maximum atomic E-state index is 11.2. The maximum Gasteiger partial charge on any atom is 0.516 e. The van der Waals surface area contributed by atoms with E-state index in [0.717, 1.165) is 0 Å². The van der Waals surface area contributed by atoms with Gasteiger partial charge in [0.05, 0.1) is 0 Å². The quantitative estimate of drug-likeness (QED) is 0.447. The third-order valence-electron chi connectivity index (χ3n) is 1.54. The number of esters is 1. The van der Waals surface area contributed by atoms with Gasteiger partial charge in [0.1, 0.15) is 5.75 Å². The average Bonchev–Trinajstić information content (AvgIpc) is 2.17. The summed E-state index contributed by atoms with van der Waals surface area (Å²) in [5, 5.41) is 0. The first-order chi connectivity index (χ1) is 7.58. The predicted octanol–water partition coefficient (Wildman–Crippen LogP) is 2.11. The fraction of sp³-hybridized carbons (Fsp3) is 0.273. The SMILES string of the molecule is CC(=O)OC(C)OC(=O)Oc1ccccc1. The highest BCUT2D eigenvalue weighted by molar-refractivity contribution is 5.67. The summed E-state index contributed by atoms with van der Waals surface area (Å²) in [4.78, 5) is 21.7. The van der Waals surface area contributed by atoms with Gasteiger partial charge in [-0.25, -0.2) is 4.79 Å². The van der Waals surface area contributed by atoms with Crippen LogP contribution in [-0.4, -0.2) is 18.4 Å². The molecule has 1 aromatic carbocycles. The molecule has 16 heavy (non-hydrogen) atoms. The predicted molar refractivity (Wildman–Crippen MR) is 54.8 cm³/mol. The Morgan fingerprint density at radius 1 is 1.12 bits per heavy atom. The molecule has 1 aromatic rings. The smallest absolute Gasteiger partial charge is 0.426 e. The number of carbonyl (C=O) groups excluding carboxylic acids is 2. The molecule has 0 aliphatic rings. The van der Waals surface area contributed by atoms with Gasteiger partial charge in [0.2, 0.25) is 6.29 Å². The third kappa shape index (κ3) is 4.45. The summed E-state index contributed by atoms with van der Waals surface area (Å²) in [5.74, 6) is -0.164. The summed E-state index contributed by atoms with van der Waals surface area (Å²) in [6, 6.07) is 8.45. The van der Waals surface area contributed by atoms with Crippen molar-refractivity contribution in [2.24, 2.45) is 0 Å². The topological polar surface area (TPSA) is 61.8 Å². The van der Waals surface area contributed by atoms with Gasteiger partial charge in [0.25, 0.3) is 0 Å². The van der Waals surface area contributed by atoms with Crippen molar-refractivity contribution in [1.29, 1.82) is 0 Å². The molecule has 0 aliphatic carbocycles. The van der Waals surface area contributed by atoms with Crippen LogP contribution in [0, 0.1) is 0 Å². The molecule has 0 bridgehead atoms. The molecule has 0 saturated heterocycles. The lowest BCUT2D eigenvalue weighted by Crippen LogP contribution is -2.22. The Balaban J connectivity index is 2.39. The Hall–Kier alpha value is -2.04. The molecule has 0 heterocycles. The zero-order chi connectivity index (χ0) is 12.0. The molecule has 0 amide bonds. The minimum absolute atomic E-state index is 0.363. The number of hydrogen-bond donors (Lipinski definition) is 0. The Labute approximate surface area is 92.9 Å². The van der Waals surface area contributed by atoms with Crippen molar-refractivity contribution in [3.8, 4) is 5.75 Å². The lowest BCUT2D eigenvalue weighted by Gasteiger charge is -2.12. The molecule has 0 N–H and O–H groups in total. The number of para-hydroxylation sites is 1. The van der Waals surface area contributed by atoms with Gasteiger partial charge in [-0.1, -0.05) is 18.2 Å². The molecular formula is C11H12O5. The lowest BCUT2D eigenvalue weighted by atomic mass is 10.3. The van der Waals surface area contributed by atoms with Crippen LogP contribution in [0.4, 0.5) is 4.79 Å². The molecule has 0 fully saturated rings. The van der Waals surface area contributed by atoms with Crippen molar-refractivity contribution in [1.82, 2.24) is 0 Å². The molecule has 1 rings (SSSR count). The first kappa shape index (κ1) is 12.0. The van der Waals surface area contributed by atoms with Crippen LogP contribution < -0.4 is 4.74 Å². The largest absolute Gasteiger partial charge is 0.516 e. The lowest BCUT2D eigenvalue weighted by molar-refractivity contribution is -0.163. The summed E-state index contributed by atoms with van der Waals surface area (Å²) in [7, 11) is 0. The van der Waals surface area contributed by atoms with E-state index in [2.05, 4.69) is 9.47 Å². The molecule has 1 atom stereocenters. The van der Waals surface area contributed by atoms with E-state index < -0.39 is 18.4 Å². The van der Waals surface area contributed by atoms with Crippen LogP contribution >= 0.6 is 0 Å². The number of rotatable bonds is 3. The number of hydrogen-bond acceptors (Lipinski definition) is 5. The molecule has 0 radical (unpaired) electrons. The van der Waals surface area contributed by atoms with E-state index in [9.17, 15) is 9.59 Å². The van der Waals surface area contributed by atoms with E-state index in [1.807, 2.05) is 0 Å². The van der Waals surface area contributed by atoms with Crippen LogP contribution in [0.1, 0.15) is 13.8 Å². The fourth-order valence-corrected chi connectivity index (χ4v) is 1.00. The van der Waals surface area contributed by atoms with Crippen LogP contribution in [0.15, 0.2) is 30.3 Å². The van der Waals surface area contributed by atoms with Crippen LogP contribution in [0.25, 0.3) is 0 Å². The first-order valence-corrected chi connectivity index (χ1v) is 4.68. The second-order valence-electron chi connectivity index (χ2n) is 2.96. The van der Waals surface area contributed by atoms with Gasteiger partial charge in [-0.3, -0.25) is 4.79 Å². The maximum absolute atomic E-state index is 11.2. The van der Waals surface area contributed by atoms with E-state index in [0.29, 0.717) is 5.75 Å². The minimum atomic E-state index is -0.964. The Morgan fingerprint density at radius 2 is 1.75 bits per heavy atom. The van der Waals surface area contributed by atoms with Gasteiger partial charge in [-0.2, -0.15) is 0 Å². The average molecular weight is 224 g/mol. The second kappa shape index (κ2) is 5.75. The Bertz CT molecular complexity index is 360. The summed E-state index contributed by atoms with van der Waals surface area (Å²) < 4.78 is 14.1. The second-order valence-corrected chi connectivity index (χ2v) is 2.96. The number of carbonyl (C=O) groups is 2. The Kier molecular flexibility index (Phi) is 4.32. The minimum Gasteiger partial charge on any atom is -0.426 e. The van der Waals surface area contributed by atoms with E-state index in [1.54, 1.807) is 30.3 Å². The van der Waals surface area contributed by atoms with Gasteiger partial charge in [0, 0.05) is 13.8 Å². The van der Waals surface area contributed by atoms with Gasteiger partial charge in [-0.05, 0) is 12.1 Å². The van der Waals surface area contributed by atoms with Crippen LogP contribution in [0.2, 0.25) is 0 Å². The first-order valence-electron chi connectivity index (χ1n) is 4.68. The van der Waals surface area contributed by atoms with E-state index in [4.69, 9.17) is 4.74 Å². The van der Waals surface area contributed by atoms with Crippen molar-refractivity contribution in [2.75, 3.05) is 0 Å². The highest BCUT2D eigenvalue weighted by Gasteiger charge is 2.13. The van der Waals surface area contributed by atoms with Crippen LogP contribution in [0.5, 0.6) is 5.75 Å². The zero-order valence-corrected chi connectivity index (χ0v) is 9.01. The monoisotopic (exact) mass is 224 g/mol. The molecule has 0 aliphatic heterocycles. The van der Waals surface area contributed by atoms with Crippen molar-refractivity contribution < 1.29 is 23.8 Å². The summed E-state index contributed by atoms with van der Waals surface area (Å²) in [5.41, 5.74) is 0. The Morgan fingerprint density at radius 3 is 2.31 bits per heavy atom. The molecular weight excluding hydrogens is 212 g/mol.